The minimum atomic E-state index is 0. The molecular formula is C16H25ClN2O3. The summed E-state index contributed by atoms with van der Waals surface area (Å²) >= 11 is 0. The monoisotopic (exact) mass is 328 g/mol. The largest absolute Gasteiger partial charge is 0.493 e. The second kappa shape index (κ2) is 8.25. The maximum absolute atomic E-state index is 12.3. The highest BCUT2D eigenvalue weighted by Crippen LogP contribution is 2.28. The Bertz CT molecular complexity index is 510. The van der Waals surface area contributed by atoms with E-state index in [4.69, 9.17) is 15.2 Å². The minimum absolute atomic E-state index is 0. The number of hydrogen-bond acceptors (Lipinski definition) is 4. The first-order valence-corrected chi connectivity index (χ1v) is 7.32. The van der Waals surface area contributed by atoms with Crippen LogP contribution < -0.4 is 15.2 Å². The van der Waals surface area contributed by atoms with E-state index in [9.17, 15) is 4.79 Å². The Labute approximate surface area is 138 Å². The highest BCUT2D eigenvalue weighted by molar-refractivity contribution is 5.85. The van der Waals surface area contributed by atoms with Gasteiger partial charge in [-0.3, -0.25) is 4.79 Å². The molecule has 0 bridgehead atoms. The van der Waals surface area contributed by atoms with Crippen molar-refractivity contribution in [1.29, 1.82) is 0 Å². The topological polar surface area (TPSA) is 64.8 Å². The van der Waals surface area contributed by atoms with Gasteiger partial charge in [0, 0.05) is 12.6 Å². The molecule has 1 aromatic carbocycles. The fraction of sp³-hybridized carbons (Fsp3) is 0.562. The van der Waals surface area contributed by atoms with Crippen molar-refractivity contribution in [3.63, 3.8) is 0 Å². The molecule has 1 aliphatic heterocycles. The van der Waals surface area contributed by atoms with E-state index in [2.05, 4.69) is 6.92 Å². The van der Waals surface area contributed by atoms with Crippen molar-refractivity contribution in [2.45, 2.75) is 26.3 Å². The number of nitrogens with two attached hydrogens (primary N) is 1. The molecule has 1 heterocycles. The summed E-state index contributed by atoms with van der Waals surface area (Å²) in [4.78, 5) is 14.1. The summed E-state index contributed by atoms with van der Waals surface area (Å²) in [6.45, 7) is 5.42. The third-order valence-corrected chi connectivity index (χ3v) is 3.99. The number of carbonyl (C=O) groups excluding carboxylic acids is 1. The van der Waals surface area contributed by atoms with Crippen LogP contribution in [0.3, 0.4) is 0 Å². The van der Waals surface area contributed by atoms with E-state index in [0.717, 1.165) is 18.5 Å². The number of halogens is 1. The lowest BCUT2D eigenvalue weighted by Gasteiger charge is -2.22. The molecule has 1 fully saturated rings. The van der Waals surface area contributed by atoms with Gasteiger partial charge in [0.1, 0.15) is 0 Å². The van der Waals surface area contributed by atoms with Crippen molar-refractivity contribution in [3.8, 4) is 11.5 Å². The van der Waals surface area contributed by atoms with Gasteiger partial charge in [-0.15, -0.1) is 12.4 Å². The zero-order chi connectivity index (χ0) is 15.4. The normalized spacial score (nSPS) is 20.5. The van der Waals surface area contributed by atoms with Crippen LogP contribution in [0.4, 0.5) is 0 Å². The Morgan fingerprint density at radius 3 is 2.73 bits per heavy atom. The van der Waals surface area contributed by atoms with Gasteiger partial charge >= 0.3 is 0 Å². The van der Waals surface area contributed by atoms with Gasteiger partial charge in [0.15, 0.2) is 18.1 Å². The Kier molecular flexibility index (Phi) is 6.97. The molecule has 0 spiro atoms. The van der Waals surface area contributed by atoms with Crippen LogP contribution in [0.2, 0.25) is 0 Å². The van der Waals surface area contributed by atoms with Crippen LogP contribution in [0, 0.1) is 12.8 Å². The van der Waals surface area contributed by atoms with Crippen LogP contribution in [0.15, 0.2) is 18.2 Å². The Morgan fingerprint density at radius 1 is 1.41 bits per heavy atom. The van der Waals surface area contributed by atoms with Crippen molar-refractivity contribution < 1.29 is 14.3 Å². The van der Waals surface area contributed by atoms with Gasteiger partial charge in [-0.25, -0.2) is 0 Å². The van der Waals surface area contributed by atoms with Crippen LogP contribution in [-0.2, 0) is 4.79 Å². The quantitative estimate of drug-likeness (QED) is 0.898. The van der Waals surface area contributed by atoms with E-state index in [1.165, 1.54) is 0 Å². The average molecular weight is 329 g/mol. The van der Waals surface area contributed by atoms with Crippen molar-refractivity contribution in [3.05, 3.63) is 23.8 Å². The van der Waals surface area contributed by atoms with Gasteiger partial charge in [-0.2, -0.15) is 0 Å². The molecule has 0 aliphatic carbocycles. The van der Waals surface area contributed by atoms with E-state index in [0.29, 0.717) is 24.0 Å². The second-order valence-corrected chi connectivity index (χ2v) is 5.68. The summed E-state index contributed by atoms with van der Waals surface area (Å²) in [6.07, 6.45) is 0.968. The first-order chi connectivity index (χ1) is 10.0. The predicted octanol–water partition coefficient (Wildman–Crippen LogP) is 2.00. The highest BCUT2D eigenvalue weighted by Gasteiger charge is 2.31. The van der Waals surface area contributed by atoms with Crippen molar-refractivity contribution >= 4 is 18.3 Å². The van der Waals surface area contributed by atoms with Crippen LogP contribution in [0.25, 0.3) is 0 Å². The minimum Gasteiger partial charge on any atom is -0.493 e. The van der Waals surface area contributed by atoms with Gasteiger partial charge in [-0.05, 0) is 50.4 Å². The molecule has 0 aromatic heterocycles. The zero-order valence-electron chi connectivity index (χ0n) is 13.4. The summed E-state index contributed by atoms with van der Waals surface area (Å²) in [7, 11) is 1.60. The number of amides is 1. The van der Waals surface area contributed by atoms with E-state index in [1.807, 2.05) is 30.0 Å². The summed E-state index contributed by atoms with van der Waals surface area (Å²) in [5, 5.41) is 0. The molecule has 1 amide bonds. The van der Waals surface area contributed by atoms with Gasteiger partial charge in [0.2, 0.25) is 0 Å². The molecule has 0 radical (unpaired) electrons. The van der Waals surface area contributed by atoms with Gasteiger partial charge in [0.25, 0.3) is 5.91 Å². The fourth-order valence-electron chi connectivity index (χ4n) is 2.78. The number of carbonyl (C=O) groups is 1. The van der Waals surface area contributed by atoms with Crippen molar-refractivity contribution in [2.24, 2.45) is 11.7 Å². The summed E-state index contributed by atoms with van der Waals surface area (Å²) < 4.78 is 10.9. The van der Waals surface area contributed by atoms with Gasteiger partial charge in [-0.1, -0.05) is 6.07 Å². The Hall–Kier alpha value is -1.46. The fourth-order valence-corrected chi connectivity index (χ4v) is 2.78. The molecule has 1 aromatic rings. The van der Waals surface area contributed by atoms with Crippen molar-refractivity contribution in [2.75, 3.05) is 26.8 Å². The predicted molar refractivity (Wildman–Crippen MR) is 88.8 cm³/mol. The summed E-state index contributed by atoms with van der Waals surface area (Å²) in [5.74, 6) is 1.65. The van der Waals surface area contributed by atoms with Crippen LogP contribution in [-0.4, -0.2) is 43.7 Å². The van der Waals surface area contributed by atoms with E-state index >= 15 is 0 Å². The molecular weight excluding hydrogens is 304 g/mol. The number of nitrogens with zero attached hydrogens (tertiary/aromatic N) is 1. The lowest BCUT2D eigenvalue weighted by Crippen LogP contribution is -2.37. The van der Waals surface area contributed by atoms with Gasteiger partial charge < -0.3 is 20.1 Å². The van der Waals surface area contributed by atoms with E-state index in [-0.39, 0.29) is 31.0 Å². The van der Waals surface area contributed by atoms with Gasteiger partial charge in [0.05, 0.1) is 7.11 Å². The number of hydrogen-bond donors (Lipinski definition) is 1. The maximum Gasteiger partial charge on any atom is 0.260 e. The zero-order valence-corrected chi connectivity index (χ0v) is 14.2. The number of benzene rings is 1. The second-order valence-electron chi connectivity index (χ2n) is 5.68. The van der Waals surface area contributed by atoms with Crippen LogP contribution in [0.1, 0.15) is 18.9 Å². The number of ether oxygens (including phenoxy) is 2. The molecule has 0 saturated carbocycles. The molecule has 2 rings (SSSR count). The number of likely N-dealkylation sites (tertiary alicyclic amines) is 1. The van der Waals surface area contributed by atoms with Crippen LogP contribution >= 0.6 is 12.4 Å². The standard InChI is InChI=1S/C16H24N2O3.ClH/c1-11-4-5-14(15(6-11)20-3)21-10-16(19)18-9-13(8-17)7-12(18)2;/h4-6,12-13H,7-10,17H2,1-3H3;1H. The molecule has 2 unspecified atom stereocenters. The average Bonchev–Trinajstić information content (AvgIpc) is 2.86. The maximum atomic E-state index is 12.3. The Morgan fingerprint density at radius 2 is 2.14 bits per heavy atom. The molecule has 2 atom stereocenters. The third kappa shape index (κ3) is 4.27. The lowest BCUT2D eigenvalue weighted by atomic mass is 10.1. The first kappa shape index (κ1) is 18.6. The van der Waals surface area contributed by atoms with Crippen LogP contribution in [0.5, 0.6) is 11.5 Å². The molecule has 5 nitrogen and oxygen atoms in total. The summed E-state index contributed by atoms with van der Waals surface area (Å²) in [6, 6.07) is 5.89. The molecule has 22 heavy (non-hydrogen) atoms. The van der Waals surface area contributed by atoms with E-state index < -0.39 is 0 Å². The number of rotatable bonds is 5. The number of aryl methyl sites for hydroxylation is 1. The molecule has 6 heteroatoms. The highest BCUT2D eigenvalue weighted by atomic mass is 35.5. The smallest absolute Gasteiger partial charge is 0.260 e. The molecule has 2 N–H and O–H groups in total. The van der Waals surface area contributed by atoms with E-state index in [1.54, 1.807) is 7.11 Å². The number of methoxy groups -OCH3 is 1. The van der Waals surface area contributed by atoms with Crippen molar-refractivity contribution in [1.82, 2.24) is 4.90 Å². The summed E-state index contributed by atoms with van der Waals surface area (Å²) in [5.41, 5.74) is 6.78. The molecule has 1 saturated heterocycles. The third-order valence-electron chi connectivity index (χ3n) is 3.99. The molecule has 124 valence electrons. The lowest BCUT2D eigenvalue weighted by molar-refractivity contribution is -0.134. The first-order valence-electron chi connectivity index (χ1n) is 7.32. The SMILES string of the molecule is COc1cc(C)ccc1OCC(=O)N1CC(CN)CC1C.Cl. The Balaban J connectivity index is 0.00000242. The molecule has 1 aliphatic rings.